The predicted molar refractivity (Wildman–Crippen MR) is 86.4 cm³/mol. The zero-order valence-electron chi connectivity index (χ0n) is 12.7. The summed E-state index contributed by atoms with van der Waals surface area (Å²) in [7, 11) is 0. The van der Waals surface area contributed by atoms with Crippen LogP contribution in [0.1, 0.15) is 10.4 Å². The monoisotopic (exact) mass is 326 g/mol. The highest BCUT2D eigenvalue weighted by molar-refractivity contribution is 5.94. The minimum Gasteiger partial charge on any atom is -0.367 e. The van der Waals surface area contributed by atoms with Gasteiger partial charge < -0.3 is 10.6 Å². The summed E-state index contributed by atoms with van der Waals surface area (Å²) in [6, 6.07) is 10.8. The first-order valence-corrected chi connectivity index (χ1v) is 7.34. The predicted octanol–water partition coefficient (Wildman–Crippen LogP) is 1.64. The van der Waals surface area contributed by atoms with Gasteiger partial charge in [-0.3, -0.25) is 4.79 Å². The third-order valence-corrected chi connectivity index (χ3v) is 3.21. The van der Waals surface area contributed by atoms with E-state index in [0.29, 0.717) is 30.3 Å². The first-order valence-electron chi connectivity index (χ1n) is 7.34. The molecule has 0 atom stereocenters. The Labute approximate surface area is 137 Å². The maximum atomic E-state index is 12.8. The first kappa shape index (κ1) is 15.6. The lowest BCUT2D eigenvalue weighted by Gasteiger charge is -2.07. The van der Waals surface area contributed by atoms with Gasteiger partial charge in [0.1, 0.15) is 11.6 Å². The van der Waals surface area contributed by atoms with Crippen LogP contribution >= 0.6 is 0 Å². The zero-order valence-corrected chi connectivity index (χ0v) is 12.7. The van der Waals surface area contributed by atoms with Gasteiger partial charge in [-0.15, -0.1) is 10.2 Å². The van der Waals surface area contributed by atoms with Crippen molar-refractivity contribution in [3.63, 3.8) is 0 Å². The fourth-order valence-electron chi connectivity index (χ4n) is 2.02. The van der Waals surface area contributed by atoms with Crippen LogP contribution < -0.4 is 10.6 Å². The van der Waals surface area contributed by atoms with Gasteiger partial charge in [0.05, 0.1) is 0 Å². The Morgan fingerprint density at radius 2 is 1.92 bits per heavy atom. The third kappa shape index (κ3) is 3.92. The van der Waals surface area contributed by atoms with Gasteiger partial charge in [0.15, 0.2) is 5.82 Å². The van der Waals surface area contributed by atoms with E-state index in [-0.39, 0.29) is 11.7 Å². The van der Waals surface area contributed by atoms with Crippen molar-refractivity contribution in [3.05, 3.63) is 66.2 Å². The highest BCUT2D eigenvalue weighted by Gasteiger charge is 2.04. The second-order valence-corrected chi connectivity index (χ2v) is 4.92. The molecule has 0 radical (unpaired) electrons. The van der Waals surface area contributed by atoms with Crippen molar-refractivity contribution in [2.45, 2.75) is 0 Å². The summed E-state index contributed by atoms with van der Waals surface area (Å²) in [5, 5.41) is 18.0. The van der Waals surface area contributed by atoms with E-state index in [4.69, 9.17) is 0 Å². The molecule has 1 amide bonds. The highest BCUT2D eigenvalue weighted by Crippen LogP contribution is 2.05. The second-order valence-electron chi connectivity index (χ2n) is 4.92. The molecule has 0 aliphatic rings. The number of aromatic nitrogens is 4. The van der Waals surface area contributed by atoms with Crippen LogP contribution in [0.25, 0.3) is 5.82 Å². The summed E-state index contributed by atoms with van der Waals surface area (Å²) in [6.45, 7) is 0.890. The van der Waals surface area contributed by atoms with E-state index in [0.717, 1.165) is 0 Å². The number of anilines is 1. The average molecular weight is 326 g/mol. The molecule has 0 bridgehead atoms. The quantitative estimate of drug-likeness (QED) is 0.673. The summed E-state index contributed by atoms with van der Waals surface area (Å²) >= 11 is 0. The molecule has 0 saturated carbocycles. The third-order valence-electron chi connectivity index (χ3n) is 3.21. The molecule has 7 nitrogen and oxygen atoms in total. The van der Waals surface area contributed by atoms with Gasteiger partial charge in [0.2, 0.25) is 0 Å². The van der Waals surface area contributed by atoms with Gasteiger partial charge >= 0.3 is 0 Å². The summed E-state index contributed by atoms with van der Waals surface area (Å²) in [5.74, 6) is 0.597. The normalized spacial score (nSPS) is 10.4. The van der Waals surface area contributed by atoms with Crippen LogP contribution in [0, 0.1) is 5.82 Å². The van der Waals surface area contributed by atoms with Crippen molar-refractivity contribution >= 4 is 11.7 Å². The van der Waals surface area contributed by atoms with E-state index in [1.807, 2.05) is 0 Å². The maximum absolute atomic E-state index is 12.8. The average Bonchev–Trinajstić information content (AvgIpc) is 3.14. The molecule has 0 aliphatic carbocycles. The van der Waals surface area contributed by atoms with E-state index >= 15 is 0 Å². The molecule has 24 heavy (non-hydrogen) atoms. The lowest BCUT2D eigenvalue weighted by molar-refractivity contribution is 0.0955. The number of carbonyl (C=O) groups excluding carboxylic acids is 1. The Morgan fingerprint density at radius 1 is 1.08 bits per heavy atom. The summed E-state index contributed by atoms with van der Waals surface area (Å²) in [5.41, 5.74) is 0.416. The lowest BCUT2D eigenvalue weighted by atomic mass is 10.2. The van der Waals surface area contributed by atoms with Gasteiger partial charge in [0, 0.05) is 31.0 Å². The van der Waals surface area contributed by atoms with Crippen LogP contribution in [-0.4, -0.2) is 39.0 Å². The van der Waals surface area contributed by atoms with Crippen LogP contribution in [0.3, 0.4) is 0 Å². The molecule has 2 aromatic heterocycles. The Balaban J connectivity index is 1.45. The number of hydrogen-bond donors (Lipinski definition) is 2. The summed E-state index contributed by atoms with van der Waals surface area (Å²) in [6.07, 6.45) is 3.44. The molecule has 1 aromatic carbocycles. The zero-order chi connectivity index (χ0) is 16.8. The van der Waals surface area contributed by atoms with E-state index in [1.165, 1.54) is 24.3 Å². The van der Waals surface area contributed by atoms with Crippen molar-refractivity contribution in [2.24, 2.45) is 0 Å². The van der Waals surface area contributed by atoms with Crippen LogP contribution in [-0.2, 0) is 0 Å². The smallest absolute Gasteiger partial charge is 0.251 e. The van der Waals surface area contributed by atoms with Crippen LogP contribution in [0.4, 0.5) is 10.2 Å². The van der Waals surface area contributed by atoms with E-state index in [2.05, 4.69) is 25.9 Å². The highest BCUT2D eigenvalue weighted by atomic mass is 19.1. The van der Waals surface area contributed by atoms with Crippen molar-refractivity contribution < 1.29 is 9.18 Å². The molecule has 0 fully saturated rings. The number of carbonyl (C=O) groups is 1. The van der Waals surface area contributed by atoms with Crippen molar-refractivity contribution in [3.8, 4) is 5.82 Å². The molecule has 3 rings (SSSR count). The number of benzene rings is 1. The van der Waals surface area contributed by atoms with E-state index < -0.39 is 0 Å². The minimum absolute atomic E-state index is 0.253. The van der Waals surface area contributed by atoms with Gasteiger partial charge in [-0.05, 0) is 42.5 Å². The molecule has 2 heterocycles. The largest absolute Gasteiger partial charge is 0.367 e. The summed E-state index contributed by atoms with van der Waals surface area (Å²) in [4.78, 5) is 11.8. The molecular weight excluding hydrogens is 311 g/mol. The molecule has 0 spiro atoms. The van der Waals surface area contributed by atoms with Gasteiger partial charge in [-0.25, -0.2) is 9.07 Å². The fraction of sp³-hybridized carbons (Fsp3) is 0.125. The van der Waals surface area contributed by atoms with E-state index in [9.17, 15) is 9.18 Å². The Kier molecular flexibility index (Phi) is 4.76. The number of nitrogens with one attached hydrogen (secondary N) is 2. The Morgan fingerprint density at radius 3 is 2.58 bits per heavy atom. The van der Waals surface area contributed by atoms with Crippen molar-refractivity contribution in [1.29, 1.82) is 0 Å². The number of rotatable bonds is 6. The molecular formula is C16H15FN6O. The fourth-order valence-corrected chi connectivity index (χ4v) is 2.02. The Hall–Kier alpha value is -3.29. The van der Waals surface area contributed by atoms with Gasteiger partial charge in [-0.1, -0.05) is 0 Å². The van der Waals surface area contributed by atoms with Gasteiger partial charge in [-0.2, -0.15) is 5.10 Å². The van der Waals surface area contributed by atoms with Gasteiger partial charge in [0.25, 0.3) is 5.91 Å². The van der Waals surface area contributed by atoms with Crippen molar-refractivity contribution in [1.82, 2.24) is 25.3 Å². The SMILES string of the molecule is O=C(NCCNc1ccc(-n2cccn2)nn1)c1ccc(F)cc1. The number of nitrogens with zero attached hydrogens (tertiary/aromatic N) is 4. The van der Waals surface area contributed by atoms with Crippen LogP contribution in [0.2, 0.25) is 0 Å². The number of halogens is 1. The maximum Gasteiger partial charge on any atom is 0.251 e. The minimum atomic E-state index is -0.370. The molecule has 3 aromatic rings. The lowest BCUT2D eigenvalue weighted by Crippen LogP contribution is -2.28. The summed E-state index contributed by atoms with van der Waals surface area (Å²) < 4.78 is 14.4. The molecule has 0 aliphatic heterocycles. The molecule has 0 unspecified atom stereocenters. The molecule has 0 saturated heterocycles. The second kappa shape index (κ2) is 7.32. The van der Waals surface area contributed by atoms with Crippen LogP contribution in [0.5, 0.6) is 0 Å². The molecule has 122 valence electrons. The topological polar surface area (TPSA) is 84.7 Å². The van der Waals surface area contributed by atoms with Crippen molar-refractivity contribution in [2.75, 3.05) is 18.4 Å². The number of amides is 1. The Bertz CT molecular complexity index is 786. The molecule has 2 N–H and O–H groups in total. The number of hydrogen-bond acceptors (Lipinski definition) is 5. The molecule has 8 heteroatoms. The van der Waals surface area contributed by atoms with E-state index in [1.54, 1.807) is 35.3 Å². The standard InChI is InChI=1S/C16H15FN6O/c17-13-4-2-12(3-5-13)16(24)19-10-9-18-14-6-7-15(22-21-14)23-11-1-8-20-23/h1-8,11H,9-10H2,(H,18,21)(H,19,24). The first-order chi connectivity index (χ1) is 11.7. The van der Waals surface area contributed by atoms with Crippen LogP contribution in [0.15, 0.2) is 54.9 Å².